The van der Waals surface area contributed by atoms with E-state index in [0.717, 1.165) is 5.69 Å². The van der Waals surface area contributed by atoms with Gasteiger partial charge in [0.1, 0.15) is 29.4 Å². The van der Waals surface area contributed by atoms with Gasteiger partial charge in [0, 0.05) is 5.69 Å². The molecule has 0 spiro atoms. The Morgan fingerprint density at radius 1 is 1.37 bits per heavy atom. The summed E-state index contributed by atoms with van der Waals surface area (Å²) in [6.07, 6.45) is 1.65. The van der Waals surface area contributed by atoms with Crippen LogP contribution in [0.4, 0.5) is 0 Å². The summed E-state index contributed by atoms with van der Waals surface area (Å²) in [5, 5.41) is 0. The van der Waals surface area contributed by atoms with Crippen LogP contribution in [-0.4, -0.2) is 18.1 Å². The fraction of sp³-hybridized carbons (Fsp3) is 0.286. The first-order valence-corrected chi connectivity index (χ1v) is 5.83. The number of carbonyl (C=O) groups excluding carboxylic acids is 1. The number of nitrogens with zero attached hydrogens (tertiary/aromatic N) is 1. The highest BCUT2D eigenvalue weighted by Crippen LogP contribution is 2.18. The van der Waals surface area contributed by atoms with Crippen LogP contribution in [-0.2, 0) is 11.3 Å². The number of hydrogen-bond acceptors (Lipinski definition) is 5. The molecule has 0 unspecified atom stereocenters. The Morgan fingerprint density at radius 3 is 2.79 bits per heavy atom. The number of pyridine rings is 1. The van der Waals surface area contributed by atoms with Crippen LogP contribution in [0.2, 0.25) is 0 Å². The lowest BCUT2D eigenvalue weighted by Gasteiger charge is -2.03. The third-order valence-electron chi connectivity index (χ3n) is 2.64. The molecule has 2 aromatic heterocycles. The number of aryl methyl sites for hydroxylation is 2. The zero-order valence-corrected chi connectivity index (χ0v) is 11.1. The van der Waals surface area contributed by atoms with E-state index in [2.05, 4.69) is 9.72 Å². The van der Waals surface area contributed by atoms with Crippen molar-refractivity contribution in [3.8, 4) is 5.75 Å². The van der Waals surface area contributed by atoms with Crippen molar-refractivity contribution in [3.63, 3.8) is 0 Å². The molecule has 2 rings (SSSR count). The van der Waals surface area contributed by atoms with Crippen molar-refractivity contribution in [1.29, 1.82) is 0 Å². The molecule has 0 radical (unpaired) electrons. The monoisotopic (exact) mass is 261 g/mol. The number of carbonyl (C=O) groups is 1. The van der Waals surface area contributed by atoms with Gasteiger partial charge in [-0.1, -0.05) is 0 Å². The average molecular weight is 261 g/mol. The zero-order chi connectivity index (χ0) is 13.8. The highest BCUT2D eigenvalue weighted by atomic mass is 16.5. The minimum Gasteiger partial charge on any atom is -0.484 e. The van der Waals surface area contributed by atoms with Gasteiger partial charge in [-0.3, -0.25) is 4.98 Å². The molecule has 100 valence electrons. The van der Waals surface area contributed by atoms with Gasteiger partial charge >= 0.3 is 5.97 Å². The van der Waals surface area contributed by atoms with Crippen molar-refractivity contribution in [2.75, 3.05) is 7.11 Å². The first-order chi connectivity index (χ1) is 9.10. The van der Waals surface area contributed by atoms with Crippen molar-refractivity contribution in [2.24, 2.45) is 0 Å². The van der Waals surface area contributed by atoms with Crippen LogP contribution in [0.1, 0.15) is 27.6 Å². The maximum Gasteiger partial charge on any atom is 0.341 e. The lowest BCUT2D eigenvalue weighted by molar-refractivity contribution is 0.0599. The molecule has 0 saturated heterocycles. The third-order valence-corrected chi connectivity index (χ3v) is 2.64. The van der Waals surface area contributed by atoms with E-state index in [1.165, 1.54) is 7.11 Å². The van der Waals surface area contributed by atoms with Crippen LogP contribution in [0.3, 0.4) is 0 Å². The Morgan fingerprint density at radius 2 is 2.16 bits per heavy atom. The summed E-state index contributed by atoms with van der Waals surface area (Å²) in [4.78, 5) is 15.6. The Hall–Kier alpha value is -2.30. The summed E-state index contributed by atoms with van der Waals surface area (Å²) in [5.74, 6) is 1.33. The number of aromatic nitrogens is 1. The predicted octanol–water partition coefficient (Wildman–Crippen LogP) is 2.66. The molecule has 0 N–H and O–H groups in total. The molecule has 0 bridgehead atoms. The van der Waals surface area contributed by atoms with E-state index in [-0.39, 0.29) is 6.61 Å². The van der Waals surface area contributed by atoms with Gasteiger partial charge in [0.05, 0.1) is 13.3 Å². The largest absolute Gasteiger partial charge is 0.484 e. The van der Waals surface area contributed by atoms with Gasteiger partial charge in [-0.25, -0.2) is 4.79 Å². The molecule has 0 fully saturated rings. The lowest BCUT2D eigenvalue weighted by Crippen LogP contribution is -2.00. The zero-order valence-electron chi connectivity index (χ0n) is 11.1. The molecule has 0 aliphatic heterocycles. The van der Waals surface area contributed by atoms with Crippen LogP contribution in [0, 0.1) is 13.8 Å². The molecule has 0 aromatic carbocycles. The minimum absolute atomic E-state index is 0.239. The summed E-state index contributed by atoms with van der Waals surface area (Å²) in [6.45, 7) is 3.86. The number of methoxy groups -OCH3 is 1. The number of furan rings is 1. The number of rotatable bonds is 4. The molecular weight excluding hydrogens is 246 g/mol. The van der Waals surface area contributed by atoms with E-state index in [1.54, 1.807) is 19.2 Å². The maximum absolute atomic E-state index is 11.4. The first kappa shape index (κ1) is 13.1. The van der Waals surface area contributed by atoms with Crippen LogP contribution >= 0.6 is 0 Å². The Balaban J connectivity index is 2.04. The normalized spacial score (nSPS) is 10.3. The van der Waals surface area contributed by atoms with E-state index < -0.39 is 5.97 Å². The van der Waals surface area contributed by atoms with Gasteiger partial charge in [0.2, 0.25) is 0 Å². The molecule has 2 heterocycles. The van der Waals surface area contributed by atoms with Crippen molar-refractivity contribution in [1.82, 2.24) is 4.98 Å². The molecule has 2 aromatic rings. The second-order valence-corrected chi connectivity index (χ2v) is 4.10. The van der Waals surface area contributed by atoms with Crippen molar-refractivity contribution in [2.45, 2.75) is 20.5 Å². The smallest absolute Gasteiger partial charge is 0.341 e. The van der Waals surface area contributed by atoms with Crippen LogP contribution in [0.5, 0.6) is 5.75 Å². The SMILES string of the molecule is COC(=O)c1cc(COc2ccc(C)nc2)oc1C. The van der Waals surface area contributed by atoms with Crippen LogP contribution in [0.15, 0.2) is 28.8 Å². The van der Waals surface area contributed by atoms with E-state index >= 15 is 0 Å². The second kappa shape index (κ2) is 5.56. The fourth-order valence-electron chi connectivity index (χ4n) is 1.62. The maximum atomic E-state index is 11.4. The van der Waals surface area contributed by atoms with Gasteiger partial charge < -0.3 is 13.9 Å². The fourth-order valence-corrected chi connectivity index (χ4v) is 1.62. The highest BCUT2D eigenvalue weighted by molar-refractivity contribution is 5.90. The third kappa shape index (κ3) is 3.13. The summed E-state index contributed by atoms with van der Waals surface area (Å²) in [7, 11) is 1.34. The van der Waals surface area contributed by atoms with Gasteiger partial charge in [0.15, 0.2) is 0 Å². The first-order valence-electron chi connectivity index (χ1n) is 5.83. The van der Waals surface area contributed by atoms with Gasteiger partial charge in [0.25, 0.3) is 0 Å². The molecule has 0 atom stereocenters. The van der Waals surface area contributed by atoms with Crippen molar-refractivity contribution < 1.29 is 18.7 Å². The van der Waals surface area contributed by atoms with Crippen LogP contribution < -0.4 is 4.74 Å². The average Bonchev–Trinajstić information content (AvgIpc) is 2.78. The van der Waals surface area contributed by atoms with Gasteiger partial charge in [-0.15, -0.1) is 0 Å². The topological polar surface area (TPSA) is 61.6 Å². The number of ether oxygens (including phenoxy) is 2. The van der Waals surface area contributed by atoms with E-state index in [1.807, 2.05) is 19.1 Å². The van der Waals surface area contributed by atoms with E-state index in [9.17, 15) is 4.79 Å². The summed E-state index contributed by atoms with van der Waals surface area (Å²) in [6, 6.07) is 5.32. The lowest BCUT2D eigenvalue weighted by atomic mass is 10.2. The molecule has 0 saturated carbocycles. The summed E-state index contributed by atoms with van der Waals surface area (Å²) < 4.78 is 15.6. The van der Waals surface area contributed by atoms with Gasteiger partial charge in [-0.2, -0.15) is 0 Å². The van der Waals surface area contributed by atoms with Gasteiger partial charge in [-0.05, 0) is 32.0 Å². The summed E-state index contributed by atoms with van der Waals surface area (Å²) in [5.41, 5.74) is 1.34. The second-order valence-electron chi connectivity index (χ2n) is 4.10. The molecule has 0 aliphatic rings. The summed E-state index contributed by atoms with van der Waals surface area (Å²) >= 11 is 0. The quantitative estimate of drug-likeness (QED) is 0.792. The molecular formula is C14H15NO4. The standard InChI is InChI=1S/C14H15NO4/c1-9-4-5-11(7-15-9)18-8-12-6-13(10(2)19-12)14(16)17-3/h4-7H,8H2,1-3H3. The number of esters is 1. The Labute approximate surface area is 111 Å². The highest BCUT2D eigenvalue weighted by Gasteiger charge is 2.15. The number of hydrogen-bond donors (Lipinski definition) is 0. The Kier molecular flexibility index (Phi) is 3.85. The van der Waals surface area contributed by atoms with Crippen molar-refractivity contribution >= 4 is 5.97 Å². The molecule has 5 heteroatoms. The van der Waals surface area contributed by atoms with E-state index in [0.29, 0.717) is 22.8 Å². The van der Waals surface area contributed by atoms with Crippen molar-refractivity contribution in [3.05, 3.63) is 47.2 Å². The van der Waals surface area contributed by atoms with E-state index in [4.69, 9.17) is 9.15 Å². The molecule has 19 heavy (non-hydrogen) atoms. The molecule has 5 nitrogen and oxygen atoms in total. The predicted molar refractivity (Wildman–Crippen MR) is 68.1 cm³/mol. The molecule has 0 amide bonds. The van der Waals surface area contributed by atoms with Crippen LogP contribution in [0.25, 0.3) is 0 Å². The Bertz CT molecular complexity index is 572. The molecule has 0 aliphatic carbocycles. The minimum atomic E-state index is -0.412.